The predicted molar refractivity (Wildman–Crippen MR) is 237 cm³/mol. The quantitative estimate of drug-likeness (QED) is 0.0325. The molecule has 1 amide bonds. The van der Waals surface area contributed by atoms with Gasteiger partial charge in [0, 0.05) is 12.8 Å². The highest BCUT2D eigenvalue weighted by atomic mass is 16.5. The summed E-state index contributed by atoms with van der Waals surface area (Å²) in [5.41, 5.74) is 0. The van der Waals surface area contributed by atoms with Crippen molar-refractivity contribution in [3.63, 3.8) is 0 Å². The lowest BCUT2D eigenvalue weighted by Gasteiger charge is -2.22. The van der Waals surface area contributed by atoms with Gasteiger partial charge in [0.2, 0.25) is 5.91 Å². The zero-order valence-corrected chi connectivity index (χ0v) is 36.9. The van der Waals surface area contributed by atoms with Gasteiger partial charge in [-0.2, -0.15) is 0 Å². The highest BCUT2D eigenvalue weighted by molar-refractivity contribution is 5.76. The van der Waals surface area contributed by atoms with Crippen LogP contribution in [-0.4, -0.2) is 47.4 Å². The van der Waals surface area contributed by atoms with Crippen molar-refractivity contribution in [3.8, 4) is 0 Å². The van der Waals surface area contributed by atoms with E-state index in [0.29, 0.717) is 25.9 Å². The number of hydrogen-bond acceptors (Lipinski definition) is 5. The zero-order chi connectivity index (χ0) is 40.1. The first-order valence-corrected chi connectivity index (χ1v) is 24.4. The third kappa shape index (κ3) is 42.0. The first-order valence-electron chi connectivity index (χ1n) is 24.4. The van der Waals surface area contributed by atoms with E-state index in [0.717, 1.165) is 51.4 Å². The molecule has 0 rings (SSSR count). The van der Waals surface area contributed by atoms with E-state index in [9.17, 15) is 19.8 Å². The van der Waals surface area contributed by atoms with Gasteiger partial charge in [-0.25, -0.2) is 0 Å². The maximum Gasteiger partial charge on any atom is 0.305 e. The number of esters is 1. The van der Waals surface area contributed by atoms with E-state index in [2.05, 4.69) is 31.3 Å². The van der Waals surface area contributed by atoms with Crippen molar-refractivity contribution in [2.75, 3.05) is 13.2 Å². The number of aliphatic hydroxyl groups is 2. The fraction of sp³-hybridized carbons (Fsp3) is 0.918. The first kappa shape index (κ1) is 53.6. The molecule has 326 valence electrons. The Kier molecular flexibility index (Phi) is 44.2. The van der Waals surface area contributed by atoms with Crippen LogP contribution in [0.25, 0.3) is 0 Å². The van der Waals surface area contributed by atoms with Crippen molar-refractivity contribution in [3.05, 3.63) is 12.2 Å². The molecule has 55 heavy (non-hydrogen) atoms. The fourth-order valence-corrected chi connectivity index (χ4v) is 7.51. The van der Waals surface area contributed by atoms with Crippen molar-refractivity contribution in [2.45, 2.75) is 276 Å². The molecule has 0 aromatic carbocycles. The minimum absolute atomic E-state index is 0.0148. The second-order valence-electron chi connectivity index (χ2n) is 16.8. The molecule has 0 spiro atoms. The van der Waals surface area contributed by atoms with Crippen LogP contribution in [0.4, 0.5) is 0 Å². The maximum absolute atomic E-state index is 12.4. The Morgan fingerprint density at radius 1 is 0.491 bits per heavy atom. The number of hydrogen-bond donors (Lipinski definition) is 3. The summed E-state index contributed by atoms with van der Waals surface area (Å²) < 4.78 is 5.45. The Labute approximate surface area is 342 Å². The SMILES string of the molecule is CCCCCC/C=C\CCCCCCCC(=O)OCCCCCCCCCCCCCCCC(=O)NC(CO)C(O)CCCCCCCCCCCCCC. The number of carbonyl (C=O) groups is 2. The van der Waals surface area contributed by atoms with Gasteiger partial charge >= 0.3 is 5.97 Å². The van der Waals surface area contributed by atoms with Crippen molar-refractivity contribution in [2.24, 2.45) is 0 Å². The lowest BCUT2D eigenvalue weighted by Crippen LogP contribution is -2.45. The monoisotopic (exact) mass is 778 g/mol. The summed E-state index contributed by atoms with van der Waals surface area (Å²) in [6.07, 6.45) is 50.2. The molecular weight excluding hydrogens is 683 g/mol. The smallest absolute Gasteiger partial charge is 0.305 e. The second-order valence-corrected chi connectivity index (χ2v) is 16.8. The summed E-state index contributed by atoms with van der Waals surface area (Å²) in [6.45, 7) is 4.90. The van der Waals surface area contributed by atoms with Crippen LogP contribution in [0, 0.1) is 0 Å². The Morgan fingerprint density at radius 2 is 0.855 bits per heavy atom. The zero-order valence-electron chi connectivity index (χ0n) is 36.9. The molecule has 2 unspecified atom stereocenters. The van der Waals surface area contributed by atoms with E-state index in [1.807, 2.05) is 0 Å². The molecule has 0 saturated carbocycles. The van der Waals surface area contributed by atoms with Crippen LogP contribution in [0.5, 0.6) is 0 Å². The molecule has 6 nitrogen and oxygen atoms in total. The van der Waals surface area contributed by atoms with Crippen LogP contribution in [0.15, 0.2) is 12.2 Å². The van der Waals surface area contributed by atoms with Gasteiger partial charge < -0.3 is 20.3 Å². The van der Waals surface area contributed by atoms with Crippen molar-refractivity contribution < 1.29 is 24.5 Å². The van der Waals surface area contributed by atoms with Crippen LogP contribution in [-0.2, 0) is 14.3 Å². The number of ether oxygens (including phenoxy) is 1. The number of rotatable bonds is 45. The lowest BCUT2D eigenvalue weighted by atomic mass is 10.0. The average molecular weight is 778 g/mol. The minimum atomic E-state index is -0.671. The normalized spacial score (nSPS) is 12.7. The van der Waals surface area contributed by atoms with Crippen molar-refractivity contribution >= 4 is 11.9 Å². The topological polar surface area (TPSA) is 95.9 Å². The van der Waals surface area contributed by atoms with Gasteiger partial charge in [-0.15, -0.1) is 0 Å². The number of carbonyl (C=O) groups excluding carboxylic acids is 2. The van der Waals surface area contributed by atoms with Crippen LogP contribution >= 0.6 is 0 Å². The summed E-state index contributed by atoms with van der Waals surface area (Å²) >= 11 is 0. The highest BCUT2D eigenvalue weighted by Crippen LogP contribution is 2.16. The predicted octanol–water partition coefficient (Wildman–Crippen LogP) is 14.2. The number of unbranched alkanes of at least 4 members (excludes halogenated alkanes) is 32. The Bertz CT molecular complexity index is 817. The Hall–Kier alpha value is -1.40. The summed E-state index contributed by atoms with van der Waals surface area (Å²) in [7, 11) is 0. The summed E-state index contributed by atoms with van der Waals surface area (Å²) in [5, 5.41) is 23.1. The van der Waals surface area contributed by atoms with Crippen LogP contribution in [0.3, 0.4) is 0 Å². The van der Waals surface area contributed by atoms with E-state index in [-0.39, 0.29) is 18.5 Å². The van der Waals surface area contributed by atoms with Gasteiger partial charge in [0.1, 0.15) is 0 Å². The molecule has 0 heterocycles. The highest BCUT2D eigenvalue weighted by Gasteiger charge is 2.20. The van der Waals surface area contributed by atoms with E-state index < -0.39 is 12.1 Å². The number of nitrogens with one attached hydrogen (secondary N) is 1. The molecule has 0 aliphatic rings. The van der Waals surface area contributed by atoms with Gasteiger partial charge in [-0.3, -0.25) is 9.59 Å². The lowest BCUT2D eigenvalue weighted by molar-refractivity contribution is -0.143. The number of aliphatic hydroxyl groups excluding tert-OH is 2. The van der Waals surface area contributed by atoms with Gasteiger partial charge in [0.05, 0.1) is 25.4 Å². The largest absolute Gasteiger partial charge is 0.466 e. The average Bonchev–Trinajstić information content (AvgIpc) is 3.18. The molecular formula is C49H95NO5. The fourth-order valence-electron chi connectivity index (χ4n) is 7.51. The summed E-state index contributed by atoms with van der Waals surface area (Å²) in [5.74, 6) is -0.0634. The van der Waals surface area contributed by atoms with Crippen molar-refractivity contribution in [1.82, 2.24) is 5.32 Å². The molecule has 2 atom stereocenters. The van der Waals surface area contributed by atoms with E-state index in [1.165, 1.54) is 180 Å². The molecule has 0 bridgehead atoms. The third-order valence-electron chi connectivity index (χ3n) is 11.3. The van der Waals surface area contributed by atoms with Gasteiger partial charge in [0.15, 0.2) is 0 Å². The Morgan fingerprint density at radius 3 is 1.31 bits per heavy atom. The molecule has 0 aromatic heterocycles. The molecule has 3 N–H and O–H groups in total. The second kappa shape index (κ2) is 45.3. The van der Waals surface area contributed by atoms with Crippen LogP contribution in [0.2, 0.25) is 0 Å². The van der Waals surface area contributed by atoms with Gasteiger partial charge in [-0.05, 0) is 51.4 Å². The minimum Gasteiger partial charge on any atom is -0.466 e. The first-order chi connectivity index (χ1) is 27.0. The number of amides is 1. The summed E-state index contributed by atoms with van der Waals surface area (Å²) in [4.78, 5) is 24.4. The van der Waals surface area contributed by atoms with Crippen molar-refractivity contribution in [1.29, 1.82) is 0 Å². The molecule has 0 aliphatic heterocycles. The standard InChI is InChI=1S/C49H95NO5/c1-3-5-7-9-11-13-15-18-23-27-31-35-39-43-49(54)55-44-40-36-32-28-24-20-17-19-22-26-30-34-38-42-48(53)50-46(45-51)47(52)41-37-33-29-25-21-16-14-12-10-8-6-4-2/h13,15,46-47,51-52H,3-12,14,16-45H2,1-2H3,(H,50,53)/b15-13-. The van der Waals surface area contributed by atoms with Crippen LogP contribution in [0.1, 0.15) is 264 Å². The van der Waals surface area contributed by atoms with E-state index >= 15 is 0 Å². The van der Waals surface area contributed by atoms with Gasteiger partial charge in [-0.1, -0.05) is 212 Å². The molecule has 0 saturated heterocycles. The van der Waals surface area contributed by atoms with Gasteiger partial charge in [0.25, 0.3) is 0 Å². The van der Waals surface area contributed by atoms with E-state index in [4.69, 9.17) is 4.74 Å². The van der Waals surface area contributed by atoms with Crippen LogP contribution < -0.4 is 5.32 Å². The summed E-state index contributed by atoms with van der Waals surface area (Å²) in [6, 6.07) is -0.549. The maximum atomic E-state index is 12.4. The molecule has 0 radical (unpaired) electrons. The molecule has 0 fully saturated rings. The third-order valence-corrected chi connectivity index (χ3v) is 11.3. The number of allylic oxidation sites excluding steroid dienone is 2. The molecule has 0 aliphatic carbocycles. The molecule has 0 aromatic rings. The Balaban J connectivity index is 3.45. The molecule has 6 heteroatoms. The van der Waals surface area contributed by atoms with E-state index in [1.54, 1.807) is 0 Å².